The summed E-state index contributed by atoms with van der Waals surface area (Å²) in [4.78, 5) is 9.03. The highest BCUT2D eigenvalue weighted by Crippen LogP contribution is 2.29. The molecule has 34 heavy (non-hydrogen) atoms. The second kappa shape index (κ2) is 8.62. The summed E-state index contributed by atoms with van der Waals surface area (Å²) in [5.74, 6) is -0.238. The molecule has 7 nitrogen and oxygen atoms in total. The van der Waals surface area contributed by atoms with Gasteiger partial charge in [-0.1, -0.05) is 18.2 Å². The maximum atomic E-state index is 13.3. The van der Waals surface area contributed by atoms with E-state index in [0.29, 0.717) is 22.5 Å². The lowest BCUT2D eigenvalue weighted by Gasteiger charge is -2.17. The van der Waals surface area contributed by atoms with Gasteiger partial charge >= 0.3 is 0 Å². The van der Waals surface area contributed by atoms with Crippen LogP contribution in [0.25, 0.3) is 28.2 Å². The van der Waals surface area contributed by atoms with Crippen molar-refractivity contribution in [3.8, 4) is 22.5 Å². The summed E-state index contributed by atoms with van der Waals surface area (Å²) in [6.45, 7) is 1.92. The first kappa shape index (κ1) is 21.6. The number of aromatic nitrogens is 6. The van der Waals surface area contributed by atoms with Gasteiger partial charge in [-0.2, -0.15) is 10.1 Å². The molecule has 0 aliphatic rings. The Morgan fingerprint density at radius 3 is 2.53 bits per heavy atom. The zero-order chi connectivity index (χ0) is 23.8. The first-order valence-electron chi connectivity index (χ1n) is 10.6. The monoisotopic (exact) mass is 463 g/mol. The van der Waals surface area contributed by atoms with Gasteiger partial charge in [0.05, 0.1) is 23.6 Å². The van der Waals surface area contributed by atoms with Gasteiger partial charge in [-0.3, -0.25) is 4.68 Å². The molecule has 4 heterocycles. The minimum absolute atomic E-state index is 0.189. The molecule has 0 amide bonds. The van der Waals surface area contributed by atoms with Crippen LogP contribution in [0.4, 0.5) is 19.1 Å². The Bertz CT molecular complexity index is 1460. The quantitative estimate of drug-likeness (QED) is 0.386. The number of pyridine rings is 2. The summed E-state index contributed by atoms with van der Waals surface area (Å²) < 4.78 is 43.0. The summed E-state index contributed by atoms with van der Waals surface area (Å²) in [7, 11) is 0. The average molecular weight is 463 g/mol. The summed E-state index contributed by atoms with van der Waals surface area (Å²) in [6, 6.07) is 12.2. The van der Waals surface area contributed by atoms with E-state index < -0.39 is 24.7 Å². The van der Waals surface area contributed by atoms with Crippen LogP contribution in [0.2, 0.25) is 0 Å². The lowest BCUT2D eigenvalue weighted by atomic mass is 10.0. The van der Waals surface area contributed by atoms with Crippen molar-refractivity contribution < 1.29 is 13.2 Å². The fourth-order valence-corrected chi connectivity index (χ4v) is 4.00. The van der Waals surface area contributed by atoms with E-state index in [1.165, 1.54) is 28.9 Å². The maximum Gasteiger partial charge on any atom is 0.241 e. The lowest BCUT2D eigenvalue weighted by Crippen LogP contribution is -2.14. The molecule has 1 atom stereocenters. The zero-order valence-electron chi connectivity index (χ0n) is 18.1. The van der Waals surface area contributed by atoms with Crippen molar-refractivity contribution in [2.75, 3.05) is 5.73 Å². The fraction of sp³-hybridized carbons (Fsp3) is 0.167. The van der Waals surface area contributed by atoms with E-state index in [1.54, 1.807) is 23.1 Å². The Balaban J connectivity index is 1.50. The van der Waals surface area contributed by atoms with Gasteiger partial charge in [0.1, 0.15) is 5.82 Å². The third kappa shape index (κ3) is 4.09. The Hall–Kier alpha value is -4.21. The SMILES string of the molecule is Cc1c(-c2cccc(-c3cnn(C(CC(F)F)c4ccc(F)cc4)c3)n2)ccn2nc(N)nc12. The van der Waals surface area contributed by atoms with Gasteiger partial charge < -0.3 is 5.73 Å². The largest absolute Gasteiger partial charge is 0.366 e. The minimum Gasteiger partial charge on any atom is -0.366 e. The molecule has 1 unspecified atom stereocenters. The molecule has 0 aliphatic carbocycles. The molecule has 4 aromatic heterocycles. The fourth-order valence-electron chi connectivity index (χ4n) is 4.00. The molecule has 5 rings (SSSR count). The van der Waals surface area contributed by atoms with E-state index in [1.807, 2.05) is 31.2 Å². The Kier molecular flexibility index (Phi) is 5.48. The first-order chi connectivity index (χ1) is 16.4. The topological polar surface area (TPSA) is 86.9 Å². The van der Waals surface area contributed by atoms with E-state index >= 15 is 0 Å². The van der Waals surface area contributed by atoms with Gasteiger partial charge in [-0.05, 0) is 42.8 Å². The number of benzene rings is 1. The molecule has 2 N–H and O–H groups in total. The average Bonchev–Trinajstić information content (AvgIpc) is 3.45. The Morgan fingerprint density at radius 2 is 1.76 bits per heavy atom. The number of rotatable bonds is 6. The highest BCUT2D eigenvalue weighted by molar-refractivity contribution is 5.72. The molecule has 1 aromatic carbocycles. The van der Waals surface area contributed by atoms with Crippen LogP contribution >= 0.6 is 0 Å². The van der Waals surface area contributed by atoms with E-state index in [2.05, 4.69) is 15.2 Å². The number of anilines is 1. The van der Waals surface area contributed by atoms with Crippen molar-refractivity contribution in [3.05, 3.63) is 84.1 Å². The predicted molar refractivity (Wildman–Crippen MR) is 122 cm³/mol. The summed E-state index contributed by atoms with van der Waals surface area (Å²) in [5, 5.41) is 8.44. The van der Waals surface area contributed by atoms with Crippen LogP contribution < -0.4 is 5.73 Å². The Morgan fingerprint density at radius 1 is 1.00 bits per heavy atom. The molecule has 0 aliphatic heterocycles. The van der Waals surface area contributed by atoms with Crippen molar-refractivity contribution in [2.24, 2.45) is 0 Å². The molecular formula is C24H20F3N7. The third-order valence-electron chi connectivity index (χ3n) is 5.67. The van der Waals surface area contributed by atoms with E-state index in [0.717, 1.165) is 16.8 Å². The van der Waals surface area contributed by atoms with Crippen LogP contribution in [0.3, 0.4) is 0 Å². The van der Waals surface area contributed by atoms with Gasteiger partial charge in [0.25, 0.3) is 0 Å². The van der Waals surface area contributed by atoms with Crippen LogP contribution in [-0.2, 0) is 0 Å². The molecule has 172 valence electrons. The van der Waals surface area contributed by atoms with Gasteiger partial charge in [0, 0.05) is 35.5 Å². The van der Waals surface area contributed by atoms with E-state index in [4.69, 9.17) is 10.7 Å². The van der Waals surface area contributed by atoms with Gasteiger partial charge in [-0.15, -0.1) is 5.10 Å². The normalized spacial score (nSPS) is 12.5. The molecule has 0 spiro atoms. The van der Waals surface area contributed by atoms with Crippen molar-refractivity contribution in [2.45, 2.75) is 25.8 Å². The van der Waals surface area contributed by atoms with Gasteiger partial charge in [-0.25, -0.2) is 22.7 Å². The lowest BCUT2D eigenvalue weighted by molar-refractivity contribution is 0.121. The number of halogens is 3. The van der Waals surface area contributed by atoms with Gasteiger partial charge in [0.15, 0.2) is 5.65 Å². The van der Waals surface area contributed by atoms with Crippen molar-refractivity contribution >= 4 is 11.6 Å². The molecule has 0 fully saturated rings. The van der Waals surface area contributed by atoms with E-state index in [-0.39, 0.29) is 5.95 Å². The number of fused-ring (bicyclic) bond motifs is 1. The van der Waals surface area contributed by atoms with Crippen LogP contribution in [0, 0.1) is 12.7 Å². The minimum atomic E-state index is -2.55. The summed E-state index contributed by atoms with van der Waals surface area (Å²) >= 11 is 0. The molecule has 10 heteroatoms. The summed E-state index contributed by atoms with van der Waals surface area (Å²) in [5.41, 5.74) is 10.7. The molecule has 0 saturated carbocycles. The zero-order valence-corrected chi connectivity index (χ0v) is 18.1. The van der Waals surface area contributed by atoms with Crippen molar-refractivity contribution in [3.63, 3.8) is 0 Å². The molecule has 0 saturated heterocycles. The van der Waals surface area contributed by atoms with E-state index in [9.17, 15) is 13.2 Å². The van der Waals surface area contributed by atoms with Gasteiger partial charge in [0.2, 0.25) is 12.4 Å². The summed E-state index contributed by atoms with van der Waals surface area (Å²) in [6.07, 6.45) is 2.04. The standard InChI is InChI=1S/C24H20F3N7/c1-14-18(9-10-33-23(14)31-24(28)32-33)20-4-2-3-19(30-20)16-12-29-34(13-16)21(11-22(26)27)15-5-7-17(25)8-6-15/h2-10,12-13,21-22H,11H2,1H3,(H2,28,32). The maximum absolute atomic E-state index is 13.3. The second-order valence-corrected chi connectivity index (χ2v) is 7.90. The van der Waals surface area contributed by atoms with Crippen LogP contribution in [0.1, 0.15) is 23.6 Å². The number of aryl methyl sites for hydroxylation is 1. The number of alkyl halides is 2. The predicted octanol–water partition coefficient (Wildman–Crippen LogP) is 4.93. The molecular weight excluding hydrogens is 443 g/mol. The van der Waals surface area contributed by atoms with Crippen molar-refractivity contribution in [1.29, 1.82) is 0 Å². The molecule has 0 bridgehead atoms. The number of hydrogen-bond donors (Lipinski definition) is 1. The Labute approximate surface area is 192 Å². The molecule has 0 radical (unpaired) electrons. The number of hydrogen-bond acceptors (Lipinski definition) is 5. The number of nitrogens with two attached hydrogens (primary N) is 1. The second-order valence-electron chi connectivity index (χ2n) is 7.90. The number of nitrogens with zero attached hydrogens (tertiary/aromatic N) is 6. The van der Waals surface area contributed by atoms with Crippen LogP contribution in [0.15, 0.2) is 67.1 Å². The third-order valence-corrected chi connectivity index (χ3v) is 5.67. The van der Waals surface area contributed by atoms with Crippen molar-refractivity contribution in [1.82, 2.24) is 29.4 Å². The van der Waals surface area contributed by atoms with Crippen LogP contribution in [-0.4, -0.2) is 35.8 Å². The molecule has 5 aromatic rings. The smallest absolute Gasteiger partial charge is 0.241 e. The highest BCUT2D eigenvalue weighted by Gasteiger charge is 2.21. The highest BCUT2D eigenvalue weighted by atomic mass is 19.3. The number of nitrogen functional groups attached to an aromatic ring is 1. The van der Waals surface area contributed by atoms with Crippen LogP contribution in [0.5, 0.6) is 0 Å². The first-order valence-corrected chi connectivity index (χ1v) is 10.6.